The van der Waals surface area contributed by atoms with Gasteiger partial charge in [0.2, 0.25) is 17.9 Å². The van der Waals surface area contributed by atoms with Gasteiger partial charge in [0, 0.05) is 13.1 Å². The van der Waals surface area contributed by atoms with Crippen LogP contribution in [0.2, 0.25) is 0 Å². The summed E-state index contributed by atoms with van der Waals surface area (Å²) in [5.74, 6) is 0. The summed E-state index contributed by atoms with van der Waals surface area (Å²) < 4.78 is 1.81. The van der Waals surface area contributed by atoms with Gasteiger partial charge >= 0.3 is 0 Å². The highest BCUT2D eigenvalue weighted by Gasteiger charge is 2.20. The van der Waals surface area contributed by atoms with Crippen LogP contribution in [0.3, 0.4) is 0 Å². The largest absolute Gasteiger partial charge is 0.253 e. The lowest BCUT2D eigenvalue weighted by atomic mass is 10.2. The lowest BCUT2D eigenvalue weighted by Gasteiger charge is -1.95. The molecule has 2 heterocycles. The van der Waals surface area contributed by atoms with E-state index in [1.807, 2.05) is 13.0 Å². The van der Waals surface area contributed by atoms with Crippen molar-refractivity contribution < 1.29 is 4.68 Å². The van der Waals surface area contributed by atoms with E-state index in [4.69, 9.17) is 5.26 Å². The van der Waals surface area contributed by atoms with Crippen LogP contribution < -0.4 is 4.68 Å². The number of aromatic nitrogens is 3. The molecule has 2 rings (SSSR count). The third kappa shape index (κ3) is 2.11. The van der Waals surface area contributed by atoms with Crippen LogP contribution in [0.25, 0.3) is 0 Å². The van der Waals surface area contributed by atoms with Crippen molar-refractivity contribution in [2.75, 3.05) is 0 Å². The minimum absolute atomic E-state index is 0.434. The smallest absolute Gasteiger partial charge is 0.234 e. The molecule has 0 unspecified atom stereocenters. The van der Waals surface area contributed by atoms with Gasteiger partial charge in [-0.15, -0.1) is 9.59 Å². The number of aryl methyl sites for hydroxylation is 1. The van der Waals surface area contributed by atoms with E-state index in [-0.39, 0.29) is 0 Å². The number of hydrogen-bond acceptors (Lipinski definition) is 4. The van der Waals surface area contributed by atoms with Crippen molar-refractivity contribution in [3.05, 3.63) is 45.9 Å². The zero-order valence-electron chi connectivity index (χ0n) is 10.1. The van der Waals surface area contributed by atoms with Crippen LogP contribution in [-0.4, -0.2) is 10.1 Å². The Balaban J connectivity index is 2.28. The van der Waals surface area contributed by atoms with Gasteiger partial charge in [0.15, 0.2) is 0 Å². The second-order valence-corrected chi connectivity index (χ2v) is 4.00. The standard InChI is InChI=1S/C12H11N5O/c1-8-12(16-18)9(2)17(15-8)7-11-4-3-10(5-13)6-14-11/h3-4,6H,7H2,1-2H3/p+1. The second-order valence-electron chi connectivity index (χ2n) is 4.00. The zero-order chi connectivity index (χ0) is 13.1. The minimum atomic E-state index is 0.434. The average molecular weight is 242 g/mol. The Bertz CT molecular complexity index is 621. The summed E-state index contributed by atoms with van der Waals surface area (Å²) in [5.41, 5.74) is 3.27. The van der Waals surface area contributed by atoms with Gasteiger partial charge in [0.1, 0.15) is 17.5 Å². The van der Waals surface area contributed by atoms with E-state index in [1.165, 1.54) is 6.20 Å². The Morgan fingerprint density at radius 1 is 1.50 bits per heavy atom. The second kappa shape index (κ2) is 4.75. The van der Waals surface area contributed by atoms with E-state index < -0.39 is 0 Å². The molecule has 0 aliphatic rings. The van der Waals surface area contributed by atoms with Gasteiger partial charge in [-0.3, -0.25) is 4.98 Å². The van der Waals surface area contributed by atoms with Gasteiger partial charge in [-0.05, 0) is 24.2 Å². The zero-order valence-corrected chi connectivity index (χ0v) is 10.1. The molecule has 0 aliphatic heterocycles. The minimum Gasteiger partial charge on any atom is -0.253 e. The van der Waals surface area contributed by atoms with E-state index in [0.29, 0.717) is 17.8 Å². The lowest BCUT2D eigenvalue weighted by Crippen LogP contribution is -2.39. The normalized spacial score (nSPS) is 10.1. The number of nitrogens with zero attached hydrogens (tertiary/aromatic N) is 4. The van der Waals surface area contributed by atoms with E-state index >= 15 is 0 Å². The van der Waals surface area contributed by atoms with E-state index in [9.17, 15) is 4.91 Å². The monoisotopic (exact) mass is 242 g/mol. The quantitative estimate of drug-likeness (QED) is 0.655. The predicted octanol–water partition coefficient (Wildman–Crippen LogP) is 1.63. The number of nitrogens with one attached hydrogen (secondary N) is 1. The van der Waals surface area contributed by atoms with Crippen LogP contribution in [0, 0.1) is 30.1 Å². The lowest BCUT2D eigenvalue weighted by molar-refractivity contribution is -0.748. The number of nitroso groups, excluding NO2 is 1. The van der Waals surface area contributed by atoms with Crippen molar-refractivity contribution in [1.82, 2.24) is 10.1 Å². The number of pyridine rings is 1. The molecule has 1 N–H and O–H groups in total. The van der Waals surface area contributed by atoms with Crippen LogP contribution in [0.1, 0.15) is 22.6 Å². The Hall–Kier alpha value is -2.55. The molecule has 2 aromatic rings. The molecule has 90 valence electrons. The van der Waals surface area contributed by atoms with Gasteiger partial charge in [-0.2, -0.15) is 10.4 Å². The highest BCUT2D eigenvalue weighted by molar-refractivity contribution is 5.42. The molecule has 6 heteroatoms. The van der Waals surface area contributed by atoms with Crippen molar-refractivity contribution in [3.8, 4) is 6.07 Å². The molecule has 0 saturated heterocycles. The summed E-state index contributed by atoms with van der Waals surface area (Å²) >= 11 is 0. The molecule has 0 atom stereocenters. The third-order valence-electron chi connectivity index (χ3n) is 2.77. The molecule has 0 amide bonds. The Morgan fingerprint density at radius 2 is 2.28 bits per heavy atom. The molecule has 0 radical (unpaired) electrons. The fourth-order valence-corrected chi connectivity index (χ4v) is 1.78. The van der Waals surface area contributed by atoms with Crippen molar-refractivity contribution in [3.63, 3.8) is 0 Å². The van der Waals surface area contributed by atoms with Crippen LogP contribution >= 0.6 is 0 Å². The van der Waals surface area contributed by atoms with Crippen LogP contribution in [0.15, 0.2) is 23.5 Å². The number of hydrogen-bond donors (Lipinski definition) is 1. The number of H-pyrrole nitrogens is 1. The van der Waals surface area contributed by atoms with E-state index in [2.05, 4.69) is 15.3 Å². The van der Waals surface area contributed by atoms with Gasteiger partial charge in [-0.1, -0.05) is 0 Å². The molecular weight excluding hydrogens is 230 g/mol. The molecule has 0 spiro atoms. The van der Waals surface area contributed by atoms with Crippen molar-refractivity contribution in [2.24, 2.45) is 5.18 Å². The SMILES string of the molecule is Cc1[nH][n+](Cc2ccc(C#N)cn2)c(C)c1N=O. The van der Waals surface area contributed by atoms with E-state index in [1.54, 1.807) is 23.7 Å². The van der Waals surface area contributed by atoms with E-state index in [0.717, 1.165) is 17.1 Å². The average Bonchev–Trinajstić information content (AvgIpc) is 2.65. The maximum Gasteiger partial charge on any atom is 0.234 e. The first-order valence-corrected chi connectivity index (χ1v) is 5.43. The van der Waals surface area contributed by atoms with Crippen LogP contribution in [0.5, 0.6) is 0 Å². The van der Waals surface area contributed by atoms with Gasteiger partial charge in [0.25, 0.3) is 0 Å². The highest BCUT2D eigenvalue weighted by atomic mass is 16.3. The summed E-state index contributed by atoms with van der Waals surface area (Å²) in [4.78, 5) is 14.8. The molecule has 6 nitrogen and oxygen atoms in total. The molecule has 0 aromatic carbocycles. The molecule has 18 heavy (non-hydrogen) atoms. The predicted molar refractivity (Wildman–Crippen MR) is 64.0 cm³/mol. The first-order valence-electron chi connectivity index (χ1n) is 5.43. The van der Waals surface area contributed by atoms with Gasteiger partial charge < -0.3 is 0 Å². The summed E-state index contributed by atoms with van der Waals surface area (Å²) in [6.45, 7) is 4.13. The van der Waals surface area contributed by atoms with Crippen molar-refractivity contribution in [1.29, 1.82) is 5.26 Å². The first-order chi connectivity index (χ1) is 8.65. The molecular formula is C12H12N5O+. The highest BCUT2D eigenvalue weighted by Crippen LogP contribution is 2.18. The topological polar surface area (TPSA) is 85.8 Å². The third-order valence-corrected chi connectivity index (χ3v) is 2.77. The summed E-state index contributed by atoms with van der Waals surface area (Å²) in [5, 5.41) is 14.7. The maximum absolute atomic E-state index is 10.7. The van der Waals surface area contributed by atoms with Crippen LogP contribution in [0.4, 0.5) is 5.69 Å². The summed E-state index contributed by atoms with van der Waals surface area (Å²) in [6, 6.07) is 5.52. The maximum atomic E-state index is 10.7. The Morgan fingerprint density at radius 3 is 2.78 bits per heavy atom. The Kier molecular flexibility index (Phi) is 3.15. The summed E-state index contributed by atoms with van der Waals surface area (Å²) in [7, 11) is 0. The van der Waals surface area contributed by atoms with Crippen molar-refractivity contribution in [2.45, 2.75) is 20.4 Å². The fourth-order valence-electron chi connectivity index (χ4n) is 1.78. The molecule has 2 aromatic heterocycles. The van der Waals surface area contributed by atoms with Crippen LogP contribution in [-0.2, 0) is 6.54 Å². The van der Waals surface area contributed by atoms with Crippen molar-refractivity contribution >= 4 is 5.69 Å². The number of aromatic amines is 1. The molecule has 0 fully saturated rings. The van der Waals surface area contributed by atoms with Gasteiger partial charge in [-0.25, -0.2) is 0 Å². The van der Waals surface area contributed by atoms with Gasteiger partial charge in [0.05, 0.1) is 5.56 Å². The first kappa shape index (κ1) is 11.9. The molecule has 0 aliphatic carbocycles. The molecule has 0 bridgehead atoms. The number of nitriles is 1. The fraction of sp³-hybridized carbons (Fsp3) is 0.250. The summed E-state index contributed by atoms with van der Waals surface area (Å²) in [6.07, 6.45) is 1.53. The Labute approximate surface area is 104 Å². The number of rotatable bonds is 3. The molecule has 0 saturated carbocycles.